The molecule has 0 radical (unpaired) electrons. The smallest absolute Gasteiger partial charge is 0.237 e. The number of likely N-dealkylation sites (tertiary alicyclic amines) is 1. The number of nitrogens with zero attached hydrogens (tertiary/aromatic N) is 1. The number of piperidine rings is 1. The van der Waals surface area contributed by atoms with Crippen molar-refractivity contribution in [1.82, 2.24) is 10.2 Å². The van der Waals surface area contributed by atoms with Crippen LogP contribution in [0, 0.1) is 12.3 Å². The number of carbonyl (C=O) groups excluding carboxylic acids is 1. The average Bonchev–Trinajstić information content (AvgIpc) is 2.48. The van der Waals surface area contributed by atoms with Crippen molar-refractivity contribution in [2.45, 2.75) is 52.7 Å². The molecule has 4 nitrogen and oxygen atoms in total. The lowest BCUT2D eigenvalue weighted by Gasteiger charge is -2.44. The van der Waals surface area contributed by atoms with E-state index >= 15 is 0 Å². The summed E-state index contributed by atoms with van der Waals surface area (Å²) < 4.78 is 0. The van der Waals surface area contributed by atoms with Gasteiger partial charge in [0.25, 0.3) is 0 Å². The highest BCUT2D eigenvalue weighted by molar-refractivity contribution is 5.81. The van der Waals surface area contributed by atoms with Gasteiger partial charge in [-0.3, -0.25) is 9.69 Å². The van der Waals surface area contributed by atoms with E-state index in [9.17, 15) is 4.79 Å². The normalized spacial score (nSPS) is 23.0. The predicted molar refractivity (Wildman–Crippen MR) is 90.4 cm³/mol. The third-order valence-corrected chi connectivity index (χ3v) is 4.86. The number of benzene rings is 1. The maximum absolute atomic E-state index is 12.4. The van der Waals surface area contributed by atoms with Crippen molar-refractivity contribution in [2.75, 3.05) is 13.1 Å². The van der Waals surface area contributed by atoms with E-state index in [0.29, 0.717) is 6.54 Å². The molecule has 2 atom stereocenters. The minimum absolute atomic E-state index is 0.0593. The molecule has 1 heterocycles. The first-order valence-corrected chi connectivity index (χ1v) is 8.12. The average molecular weight is 303 g/mol. The first kappa shape index (κ1) is 17.0. The SMILES string of the molecule is Cc1ccc(CNC(=O)C(C)N2CCC(N)C(C)(C)C2)cc1. The number of carbonyl (C=O) groups is 1. The second-order valence-electron chi connectivity index (χ2n) is 7.23. The third-order valence-electron chi connectivity index (χ3n) is 4.86. The van der Waals surface area contributed by atoms with Crippen LogP contribution in [-0.2, 0) is 11.3 Å². The Morgan fingerprint density at radius 2 is 2.05 bits per heavy atom. The third kappa shape index (κ3) is 4.08. The van der Waals surface area contributed by atoms with Gasteiger partial charge in [-0.25, -0.2) is 0 Å². The van der Waals surface area contributed by atoms with Gasteiger partial charge in [0, 0.05) is 25.7 Å². The molecule has 1 aromatic rings. The number of nitrogens with one attached hydrogen (secondary N) is 1. The van der Waals surface area contributed by atoms with Crippen LogP contribution < -0.4 is 11.1 Å². The van der Waals surface area contributed by atoms with E-state index in [-0.39, 0.29) is 23.4 Å². The number of aryl methyl sites for hydroxylation is 1. The zero-order valence-corrected chi connectivity index (χ0v) is 14.2. The minimum Gasteiger partial charge on any atom is -0.351 e. The zero-order chi connectivity index (χ0) is 16.3. The van der Waals surface area contributed by atoms with Crippen molar-refractivity contribution >= 4 is 5.91 Å². The molecule has 0 aromatic heterocycles. The Labute approximate surface area is 134 Å². The Morgan fingerprint density at radius 1 is 1.41 bits per heavy atom. The second-order valence-corrected chi connectivity index (χ2v) is 7.23. The van der Waals surface area contributed by atoms with Crippen molar-refractivity contribution < 1.29 is 4.79 Å². The van der Waals surface area contributed by atoms with Crippen molar-refractivity contribution in [2.24, 2.45) is 11.1 Å². The highest BCUT2D eigenvalue weighted by atomic mass is 16.2. The quantitative estimate of drug-likeness (QED) is 0.895. The zero-order valence-electron chi connectivity index (χ0n) is 14.2. The van der Waals surface area contributed by atoms with Crippen LogP contribution in [0.3, 0.4) is 0 Å². The van der Waals surface area contributed by atoms with Gasteiger partial charge in [0.2, 0.25) is 5.91 Å². The molecule has 1 aliphatic heterocycles. The summed E-state index contributed by atoms with van der Waals surface area (Å²) in [6.07, 6.45) is 0.947. The van der Waals surface area contributed by atoms with Gasteiger partial charge >= 0.3 is 0 Å². The molecule has 4 heteroatoms. The molecule has 1 aromatic carbocycles. The van der Waals surface area contributed by atoms with Crippen molar-refractivity contribution in [1.29, 1.82) is 0 Å². The van der Waals surface area contributed by atoms with Crippen LogP contribution in [0.25, 0.3) is 0 Å². The molecule has 0 spiro atoms. The maximum atomic E-state index is 12.4. The monoisotopic (exact) mass is 303 g/mol. The van der Waals surface area contributed by atoms with Crippen LogP contribution in [0.2, 0.25) is 0 Å². The topological polar surface area (TPSA) is 58.4 Å². The molecule has 1 fully saturated rings. The van der Waals surface area contributed by atoms with Gasteiger partial charge in [0.1, 0.15) is 0 Å². The number of hydrogen-bond donors (Lipinski definition) is 2. The molecule has 0 bridgehead atoms. The molecule has 1 aliphatic rings. The Bertz CT molecular complexity index is 510. The van der Waals surface area contributed by atoms with Crippen molar-refractivity contribution in [3.8, 4) is 0 Å². The van der Waals surface area contributed by atoms with E-state index in [4.69, 9.17) is 5.73 Å². The number of rotatable bonds is 4. The summed E-state index contributed by atoms with van der Waals surface area (Å²) in [6, 6.07) is 8.36. The molecule has 0 saturated carbocycles. The lowest BCUT2D eigenvalue weighted by atomic mass is 9.79. The molecule has 1 saturated heterocycles. The highest BCUT2D eigenvalue weighted by Crippen LogP contribution is 2.28. The van der Waals surface area contributed by atoms with Crippen molar-refractivity contribution in [3.05, 3.63) is 35.4 Å². The van der Waals surface area contributed by atoms with Gasteiger partial charge in [-0.2, -0.15) is 0 Å². The molecule has 0 aliphatic carbocycles. The van der Waals surface area contributed by atoms with E-state index in [0.717, 1.165) is 25.1 Å². The molecule has 2 rings (SSSR count). The van der Waals surface area contributed by atoms with Gasteiger partial charge < -0.3 is 11.1 Å². The van der Waals surface area contributed by atoms with Gasteiger partial charge in [-0.05, 0) is 31.2 Å². The van der Waals surface area contributed by atoms with Crippen LogP contribution >= 0.6 is 0 Å². The van der Waals surface area contributed by atoms with Gasteiger partial charge in [-0.1, -0.05) is 43.7 Å². The van der Waals surface area contributed by atoms with Gasteiger partial charge in [-0.15, -0.1) is 0 Å². The van der Waals surface area contributed by atoms with E-state index < -0.39 is 0 Å². The van der Waals surface area contributed by atoms with Crippen LogP contribution in [0.5, 0.6) is 0 Å². The summed E-state index contributed by atoms with van der Waals surface area (Å²) >= 11 is 0. The van der Waals surface area contributed by atoms with Gasteiger partial charge in [0.15, 0.2) is 0 Å². The van der Waals surface area contributed by atoms with E-state index in [1.807, 2.05) is 6.92 Å². The van der Waals surface area contributed by atoms with Crippen LogP contribution in [-0.4, -0.2) is 36.0 Å². The summed E-state index contributed by atoms with van der Waals surface area (Å²) in [5.41, 5.74) is 8.59. The largest absolute Gasteiger partial charge is 0.351 e. The highest BCUT2D eigenvalue weighted by Gasteiger charge is 2.36. The van der Waals surface area contributed by atoms with E-state index in [1.54, 1.807) is 0 Å². The lowest BCUT2D eigenvalue weighted by Crippen LogP contribution is -2.57. The predicted octanol–water partition coefficient (Wildman–Crippen LogP) is 2.06. The minimum atomic E-state index is -0.114. The molecule has 1 amide bonds. The Kier molecular flexibility index (Phi) is 5.24. The fourth-order valence-corrected chi connectivity index (χ4v) is 2.95. The summed E-state index contributed by atoms with van der Waals surface area (Å²) in [5, 5.41) is 3.04. The molecular weight excluding hydrogens is 274 g/mol. The molecule has 22 heavy (non-hydrogen) atoms. The molecule has 3 N–H and O–H groups in total. The Hall–Kier alpha value is -1.39. The summed E-state index contributed by atoms with van der Waals surface area (Å²) in [5.74, 6) is 0.0897. The first-order valence-electron chi connectivity index (χ1n) is 8.12. The fraction of sp³-hybridized carbons (Fsp3) is 0.611. The number of nitrogens with two attached hydrogens (primary N) is 1. The van der Waals surface area contributed by atoms with Crippen molar-refractivity contribution in [3.63, 3.8) is 0 Å². The lowest BCUT2D eigenvalue weighted by molar-refractivity contribution is -0.127. The first-order chi connectivity index (χ1) is 10.3. The number of amides is 1. The maximum Gasteiger partial charge on any atom is 0.237 e. The summed E-state index contributed by atoms with van der Waals surface area (Å²) in [6.45, 7) is 10.8. The number of hydrogen-bond acceptors (Lipinski definition) is 3. The summed E-state index contributed by atoms with van der Waals surface area (Å²) in [7, 11) is 0. The standard InChI is InChI=1S/C18H29N3O/c1-13-5-7-15(8-6-13)11-20-17(22)14(2)21-10-9-16(19)18(3,4)12-21/h5-8,14,16H,9-12,19H2,1-4H3,(H,20,22). The Balaban J connectivity index is 1.88. The van der Waals surface area contributed by atoms with Crippen LogP contribution in [0.4, 0.5) is 0 Å². The molecule has 2 unspecified atom stereocenters. The second kappa shape index (κ2) is 6.80. The van der Waals surface area contributed by atoms with E-state index in [1.165, 1.54) is 5.56 Å². The Morgan fingerprint density at radius 3 is 2.64 bits per heavy atom. The van der Waals surface area contributed by atoms with Crippen LogP contribution in [0.1, 0.15) is 38.3 Å². The molecule has 122 valence electrons. The van der Waals surface area contributed by atoms with E-state index in [2.05, 4.69) is 55.3 Å². The summed E-state index contributed by atoms with van der Waals surface area (Å²) in [4.78, 5) is 14.6. The molecular formula is C18H29N3O. The van der Waals surface area contributed by atoms with Gasteiger partial charge in [0.05, 0.1) is 6.04 Å². The fourth-order valence-electron chi connectivity index (χ4n) is 2.95. The van der Waals surface area contributed by atoms with Crippen LogP contribution in [0.15, 0.2) is 24.3 Å².